The Bertz CT molecular complexity index is 1920. The van der Waals surface area contributed by atoms with E-state index in [1.54, 1.807) is 6.07 Å². The van der Waals surface area contributed by atoms with Crippen LogP contribution < -0.4 is 16.0 Å². The van der Waals surface area contributed by atoms with Gasteiger partial charge in [0, 0.05) is 30.6 Å². The number of amides is 6. The molecule has 0 bridgehead atoms. The van der Waals surface area contributed by atoms with E-state index in [2.05, 4.69) is 16.0 Å². The second-order valence-corrected chi connectivity index (χ2v) is 10.9. The lowest BCUT2D eigenvalue weighted by atomic mass is 10.0. The van der Waals surface area contributed by atoms with Crippen LogP contribution in [-0.2, 0) is 33.9 Å². The summed E-state index contributed by atoms with van der Waals surface area (Å²) < 4.78 is 14.9. The number of carbonyl (C=O) groups is 6. The van der Waals surface area contributed by atoms with E-state index in [9.17, 15) is 33.2 Å². The van der Waals surface area contributed by atoms with E-state index < -0.39 is 41.4 Å². The molecule has 0 aromatic heterocycles. The molecule has 226 valence electrons. The van der Waals surface area contributed by atoms with E-state index >= 15 is 0 Å². The second-order valence-electron chi connectivity index (χ2n) is 10.9. The number of hydrogen-bond acceptors (Lipinski definition) is 6. The fourth-order valence-corrected chi connectivity index (χ4v) is 5.62. The summed E-state index contributed by atoms with van der Waals surface area (Å²) in [6, 6.07) is 20.9. The molecule has 1 saturated heterocycles. The second kappa shape index (κ2) is 12.1. The van der Waals surface area contributed by atoms with Gasteiger partial charge in [-0.05, 0) is 52.6 Å². The van der Waals surface area contributed by atoms with Crippen LogP contribution in [0.1, 0.15) is 60.6 Å². The van der Waals surface area contributed by atoms with E-state index in [4.69, 9.17) is 0 Å². The van der Waals surface area contributed by atoms with Crippen LogP contribution in [-0.4, -0.2) is 46.4 Å². The first kappa shape index (κ1) is 29.4. The molecule has 2 heterocycles. The van der Waals surface area contributed by atoms with Crippen LogP contribution >= 0.6 is 0 Å². The quantitative estimate of drug-likeness (QED) is 0.263. The lowest BCUT2D eigenvalue weighted by Crippen LogP contribution is -2.54. The average molecular weight is 607 g/mol. The lowest BCUT2D eigenvalue weighted by molar-refractivity contribution is -0.136. The molecule has 2 aliphatic rings. The lowest BCUT2D eigenvalue weighted by Gasteiger charge is -2.27. The highest BCUT2D eigenvalue weighted by Crippen LogP contribution is 2.28. The number of nitrogens with zero attached hydrogens (tertiary/aromatic N) is 1. The number of hydrogen-bond donors (Lipinski definition) is 3. The maximum atomic E-state index is 14.9. The Morgan fingerprint density at radius 2 is 1.60 bits per heavy atom. The van der Waals surface area contributed by atoms with Crippen molar-refractivity contribution in [1.29, 1.82) is 0 Å². The first-order valence-corrected chi connectivity index (χ1v) is 14.3. The van der Waals surface area contributed by atoms with Crippen LogP contribution in [0.25, 0.3) is 10.8 Å². The Balaban J connectivity index is 1.05. The van der Waals surface area contributed by atoms with Crippen molar-refractivity contribution in [3.8, 4) is 0 Å². The number of benzene rings is 4. The Morgan fingerprint density at radius 3 is 2.40 bits per heavy atom. The van der Waals surface area contributed by atoms with E-state index in [1.165, 1.54) is 30.3 Å². The van der Waals surface area contributed by atoms with E-state index in [0.717, 1.165) is 21.2 Å². The molecule has 0 radical (unpaired) electrons. The van der Waals surface area contributed by atoms with Crippen LogP contribution in [0.5, 0.6) is 0 Å². The maximum absolute atomic E-state index is 14.9. The van der Waals surface area contributed by atoms with E-state index in [-0.39, 0.29) is 54.9 Å². The van der Waals surface area contributed by atoms with Gasteiger partial charge in [-0.1, -0.05) is 54.6 Å². The molecule has 10 nitrogen and oxygen atoms in total. The highest BCUT2D eigenvalue weighted by Gasteiger charge is 2.44. The minimum Gasteiger partial charge on any atom is -0.352 e. The molecule has 3 N–H and O–H groups in total. The summed E-state index contributed by atoms with van der Waals surface area (Å²) in [6.45, 7) is -0.0182. The summed E-state index contributed by atoms with van der Waals surface area (Å²) in [6.07, 6.45) is 0.181. The molecule has 0 saturated carbocycles. The number of rotatable bonds is 8. The van der Waals surface area contributed by atoms with Crippen LogP contribution in [0.15, 0.2) is 78.9 Å². The molecular formula is C34H27FN4O6. The number of carbonyl (C=O) groups excluding carboxylic acids is 6. The summed E-state index contributed by atoms with van der Waals surface area (Å²) in [7, 11) is 0. The molecule has 6 rings (SSSR count). The Kier molecular flexibility index (Phi) is 7.91. The average Bonchev–Trinajstić information content (AvgIpc) is 3.28. The zero-order valence-electron chi connectivity index (χ0n) is 23.9. The van der Waals surface area contributed by atoms with Crippen molar-refractivity contribution in [2.45, 2.75) is 38.4 Å². The SMILES string of the molecule is O=C(Cc1cccc2ccccc12)NCc1ccc(CNC(=O)c2ccc3c(c2)C(=O)N(C2CCC(=O)NC2=O)C3=O)cc1F. The zero-order chi connectivity index (χ0) is 31.7. The van der Waals surface area contributed by atoms with Gasteiger partial charge in [-0.3, -0.25) is 39.0 Å². The van der Waals surface area contributed by atoms with Crippen molar-refractivity contribution < 1.29 is 33.2 Å². The first-order chi connectivity index (χ1) is 21.7. The predicted octanol–water partition coefficient (Wildman–Crippen LogP) is 3.17. The monoisotopic (exact) mass is 606 g/mol. The third-order valence-corrected chi connectivity index (χ3v) is 7.98. The van der Waals surface area contributed by atoms with Crippen LogP contribution in [0.2, 0.25) is 0 Å². The van der Waals surface area contributed by atoms with Gasteiger partial charge in [0.1, 0.15) is 11.9 Å². The molecular weight excluding hydrogens is 579 g/mol. The van der Waals surface area contributed by atoms with Gasteiger partial charge in [-0.15, -0.1) is 0 Å². The molecule has 2 aliphatic heterocycles. The van der Waals surface area contributed by atoms with Gasteiger partial charge in [0.25, 0.3) is 17.7 Å². The van der Waals surface area contributed by atoms with Crippen molar-refractivity contribution >= 4 is 46.2 Å². The predicted molar refractivity (Wildman–Crippen MR) is 160 cm³/mol. The smallest absolute Gasteiger partial charge is 0.262 e. The topological polar surface area (TPSA) is 142 Å². The summed E-state index contributed by atoms with van der Waals surface area (Å²) in [4.78, 5) is 76.0. The molecule has 1 unspecified atom stereocenters. The normalized spacial score (nSPS) is 16.0. The fourth-order valence-electron chi connectivity index (χ4n) is 5.62. The van der Waals surface area contributed by atoms with Crippen molar-refractivity contribution in [3.63, 3.8) is 0 Å². The number of piperidine rings is 1. The van der Waals surface area contributed by atoms with Crippen LogP contribution in [0.4, 0.5) is 4.39 Å². The van der Waals surface area contributed by atoms with Crippen molar-refractivity contribution in [2.75, 3.05) is 0 Å². The molecule has 0 spiro atoms. The fraction of sp³-hybridized carbons (Fsp3) is 0.176. The molecule has 1 atom stereocenters. The van der Waals surface area contributed by atoms with Gasteiger partial charge in [-0.25, -0.2) is 4.39 Å². The Labute approximate surface area is 256 Å². The minimum atomic E-state index is -1.11. The highest BCUT2D eigenvalue weighted by atomic mass is 19.1. The Morgan fingerprint density at radius 1 is 0.822 bits per heavy atom. The van der Waals surface area contributed by atoms with Crippen molar-refractivity contribution in [2.24, 2.45) is 0 Å². The van der Waals surface area contributed by atoms with Crippen LogP contribution in [0.3, 0.4) is 0 Å². The minimum absolute atomic E-state index is 0.000210. The molecule has 11 heteroatoms. The molecule has 1 fully saturated rings. The van der Waals surface area contributed by atoms with Gasteiger partial charge in [0.05, 0.1) is 17.5 Å². The van der Waals surface area contributed by atoms with Gasteiger partial charge in [-0.2, -0.15) is 0 Å². The highest BCUT2D eigenvalue weighted by molar-refractivity contribution is 6.24. The number of nitrogens with one attached hydrogen (secondary N) is 3. The number of fused-ring (bicyclic) bond motifs is 2. The molecule has 6 amide bonds. The van der Waals surface area contributed by atoms with Crippen molar-refractivity contribution in [1.82, 2.24) is 20.9 Å². The summed E-state index contributed by atoms with van der Waals surface area (Å²) in [5, 5.41) is 9.59. The van der Waals surface area contributed by atoms with Gasteiger partial charge in [0.2, 0.25) is 17.7 Å². The molecule has 45 heavy (non-hydrogen) atoms. The number of imide groups is 2. The molecule has 4 aromatic carbocycles. The van der Waals surface area contributed by atoms with Crippen LogP contribution in [0, 0.1) is 5.82 Å². The first-order valence-electron chi connectivity index (χ1n) is 14.3. The summed E-state index contributed by atoms with van der Waals surface area (Å²) in [5.74, 6) is -3.92. The summed E-state index contributed by atoms with van der Waals surface area (Å²) in [5.41, 5.74) is 1.79. The van der Waals surface area contributed by atoms with Gasteiger partial charge >= 0.3 is 0 Å². The maximum Gasteiger partial charge on any atom is 0.262 e. The standard InChI is InChI=1S/C34H27FN4O6/c35-27-14-19(8-9-23(27)18-36-30(41)16-21-6-3-5-20-4-1-2-7-24(20)21)17-37-31(42)22-10-11-25-26(15-22)34(45)39(33(25)44)28-12-13-29(40)38-32(28)43/h1-11,14-15,28H,12-13,16-18H2,(H,36,41)(H,37,42)(H,38,40,43). The number of halogens is 1. The van der Waals surface area contributed by atoms with E-state index in [0.29, 0.717) is 11.1 Å². The molecule has 0 aliphatic carbocycles. The zero-order valence-corrected chi connectivity index (χ0v) is 23.9. The molecule has 4 aromatic rings. The third kappa shape index (κ3) is 5.92. The Hall–Kier alpha value is -5.71. The van der Waals surface area contributed by atoms with Gasteiger partial charge < -0.3 is 10.6 Å². The largest absolute Gasteiger partial charge is 0.352 e. The van der Waals surface area contributed by atoms with E-state index in [1.807, 2.05) is 42.5 Å². The van der Waals surface area contributed by atoms with Gasteiger partial charge in [0.15, 0.2) is 0 Å². The summed E-state index contributed by atoms with van der Waals surface area (Å²) >= 11 is 0. The van der Waals surface area contributed by atoms with Crippen molar-refractivity contribution in [3.05, 3.63) is 118 Å². The third-order valence-electron chi connectivity index (χ3n) is 7.98.